The van der Waals surface area contributed by atoms with Crippen LogP contribution in [0.25, 0.3) is 0 Å². The molecule has 0 saturated heterocycles. The molecule has 0 radical (unpaired) electrons. The second-order valence-corrected chi connectivity index (χ2v) is 7.04. The number of benzene rings is 2. The zero-order valence-corrected chi connectivity index (χ0v) is 16.3. The molecule has 0 heterocycles. The van der Waals surface area contributed by atoms with Crippen LogP contribution in [0.4, 0.5) is 0 Å². The zero-order valence-electron chi connectivity index (χ0n) is 16.3. The van der Waals surface area contributed by atoms with Gasteiger partial charge in [-0.3, -0.25) is 9.59 Å². The summed E-state index contributed by atoms with van der Waals surface area (Å²) >= 11 is 0. The van der Waals surface area contributed by atoms with Crippen LogP contribution >= 0.6 is 0 Å². The molecule has 138 valence electrons. The van der Waals surface area contributed by atoms with Gasteiger partial charge in [-0.15, -0.1) is 0 Å². The topological polar surface area (TPSA) is 58.2 Å². The number of rotatable bonds is 6. The molecule has 4 nitrogen and oxygen atoms in total. The summed E-state index contributed by atoms with van der Waals surface area (Å²) in [5, 5.41) is 5.56. The maximum absolute atomic E-state index is 12.2. The number of hydrogen-bond acceptors (Lipinski definition) is 2. The van der Waals surface area contributed by atoms with Crippen LogP contribution in [0.2, 0.25) is 0 Å². The van der Waals surface area contributed by atoms with Gasteiger partial charge in [0.05, 0.1) is 6.54 Å². The van der Waals surface area contributed by atoms with Gasteiger partial charge in [0.1, 0.15) is 0 Å². The predicted octanol–water partition coefficient (Wildman–Crippen LogP) is 3.32. The highest BCUT2D eigenvalue weighted by Crippen LogP contribution is 2.16. The SMILES string of the molecule is Cc1cc(C)cc(C(=O)NCC(=O)NCCc2c(C)cc(C)cc2C)c1. The van der Waals surface area contributed by atoms with Crippen molar-refractivity contribution in [3.8, 4) is 0 Å². The van der Waals surface area contributed by atoms with Crippen LogP contribution in [-0.2, 0) is 11.2 Å². The average Bonchev–Trinajstić information content (AvgIpc) is 2.54. The third-order valence-electron chi connectivity index (χ3n) is 4.43. The lowest BCUT2D eigenvalue weighted by molar-refractivity contribution is -0.120. The first-order valence-electron chi connectivity index (χ1n) is 8.96. The monoisotopic (exact) mass is 352 g/mol. The molecule has 0 aliphatic heterocycles. The predicted molar refractivity (Wildman–Crippen MR) is 106 cm³/mol. The maximum Gasteiger partial charge on any atom is 0.251 e. The number of carbonyl (C=O) groups excluding carboxylic acids is 2. The number of aryl methyl sites for hydroxylation is 5. The van der Waals surface area contributed by atoms with Crippen molar-refractivity contribution in [3.05, 3.63) is 69.3 Å². The molecule has 26 heavy (non-hydrogen) atoms. The fourth-order valence-corrected chi connectivity index (χ4v) is 3.36. The van der Waals surface area contributed by atoms with Crippen molar-refractivity contribution in [3.63, 3.8) is 0 Å². The maximum atomic E-state index is 12.2. The molecule has 0 fully saturated rings. The fourth-order valence-electron chi connectivity index (χ4n) is 3.36. The Morgan fingerprint density at radius 2 is 1.31 bits per heavy atom. The third-order valence-corrected chi connectivity index (χ3v) is 4.43. The Hall–Kier alpha value is -2.62. The molecule has 2 N–H and O–H groups in total. The Bertz CT molecular complexity index is 782. The highest BCUT2D eigenvalue weighted by molar-refractivity contribution is 5.96. The lowest BCUT2D eigenvalue weighted by Gasteiger charge is -2.12. The Morgan fingerprint density at radius 3 is 1.88 bits per heavy atom. The molecular formula is C22H28N2O2. The molecule has 2 aromatic carbocycles. The minimum absolute atomic E-state index is 0.0162. The quantitative estimate of drug-likeness (QED) is 0.838. The summed E-state index contributed by atoms with van der Waals surface area (Å²) in [5.74, 6) is -0.401. The van der Waals surface area contributed by atoms with Gasteiger partial charge in [-0.1, -0.05) is 34.9 Å². The van der Waals surface area contributed by atoms with Crippen molar-refractivity contribution in [1.29, 1.82) is 0 Å². The van der Waals surface area contributed by atoms with E-state index in [0.29, 0.717) is 12.1 Å². The highest BCUT2D eigenvalue weighted by Gasteiger charge is 2.09. The molecular weight excluding hydrogens is 324 g/mol. The number of nitrogens with one attached hydrogen (secondary N) is 2. The smallest absolute Gasteiger partial charge is 0.251 e. The average molecular weight is 352 g/mol. The first-order chi connectivity index (χ1) is 12.3. The summed E-state index contributed by atoms with van der Waals surface area (Å²) < 4.78 is 0. The van der Waals surface area contributed by atoms with E-state index in [1.807, 2.05) is 32.0 Å². The van der Waals surface area contributed by atoms with Crippen molar-refractivity contribution in [2.45, 2.75) is 41.0 Å². The van der Waals surface area contributed by atoms with Crippen molar-refractivity contribution in [1.82, 2.24) is 10.6 Å². The van der Waals surface area contributed by atoms with E-state index in [1.54, 1.807) is 0 Å². The lowest BCUT2D eigenvalue weighted by atomic mass is 9.97. The summed E-state index contributed by atoms with van der Waals surface area (Å²) in [5.41, 5.74) is 7.67. The molecule has 4 heteroatoms. The molecule has 2 aromatic rings. The van der Waals surface area contributed by atoms with Gasteiger partial charge in [-0.05, 0) is 69.9 Å². The molecule has 0 aromatic heterocycles. The second-order valence-electron chi connectivity index (χ2n) is 7.04. The first kappa shape index (κ1) is 19.7. The molecule has 0 saturated carbocycles. The number of carbonyl (C=O) groups is 2. The lowest BCUT2D eigenvalue weighted by Crippen LogP contribution is -2.37. The summed E-state index contributed by atoms with van der Waals surface area (Å²) in [6.45, 7) is 10.7. The Morgan fingerprint density at radius 1 is 0.769 bits per heavy atom. The van der Waals surface area contributed by atoms with E-state index in [2.05, 4.69) is 43.5 Å². The standard InChI is InChI=1S/C22H28N2O2/c1-14-8-15(2)12-19(11-14)22(26)24-13-21(25)23-7-6-20-17(4)9-16(3)10-18(20)5/h8-12H,6-7,13H2,1-5H3,(H,23,25)(H,24,26). The van der Waals surface area contributed by atoms with Crippen molar-refractivity contribution in [2.75, 3.05) is 13.1 Å². The van der Waals surface area contributed by atoms with E-state index in [4.69, 9.17) is 0 Å². The summed E-state index contributed by atoms with van der Waals surface area (Å²) in [6, 6.07) is 9.98. The van der Waals surface area contributed by atoms with Crippen molar-refractivity contribution >= 4 is 11.8 Å². The van der Waals surface area contributed by atoms with E-state index in [1.165, 1.54) is 22.3 Å². The van der Waals surface area contributed by atoms with Gasteiger partial charge < -0.3 is 10.6 Å². The van der Waals surface area contributed by atoms with Crippen molar-refractivity contribution < 1.29 is 9.59 Å². The van der Waals surface area contributed by atoms with Crippen LogP contribution in [0, 0.1) is 34.6 Å². The Balaban J connectivity index is 1.81. The fraction of sp³-hybridized carbons (Fsp3) is 0.364. The van der Waals surface area contributed by atoms with Crippen LogP contribution < -0.4 is 10.6 Å². The molecule has 0 aliphatic rings. The van der Waals surface area contributed by atoms with E-state index in [-0.39, 0.29) is 18.4 Å². The normalized spacial score (nSPS) is 10.5. The van der Waals surface area contributed by atoms with E-state index < -0.39 is 0 Å². The van der Waals surface area contributed by atoms with Crippen LogP contribution in [0.1, 0.15) is 43.7 Å². The molecule has 0 bridgehead atoms. The minimum atomic E-state index is -0.225. The van der Waals surface area contributed by atoms with Crippen LogP contribution in [0.3, 0.4) is 0 Å². The van der Waals surface area contributed by atoms with Gasteiger partial charge in [0, 0.05) is 12.1 Å². The van der Waals surface area contributed by atoms with Gasteiger partial charge in [-0.2, -0.15) is 0 Å². The molecule has 0 aliphatic carbocycles. The summed E-state index contributed by atoms with van der Waals surface area (Å²) in [6.07, 6.45) is 0.786. The van der Waals surface area contributed by atoms with Gasteiger partial charge in [0.15, 0.2) is 0 Å². The second kappa shape index (κ2) is 8.65. The van der Waals surface area contributed by atoms with Gasteiger partial charge in [-0.25, -0.2) is 0 Å². The molecule has 0 atom stereocenters. The summed E-state index contributed by atoms with van der Waals surface area (Å²) in [7, 11) is 0. The molecule has 0 unspecified atom stereocenters. The van der Waals surface area contributed by atoms with Crippen LogP contribution in [0.5, 0.6) is 0 Å². The Labute approximate surface area is 156 Å². The molecule has 0 spiro atoms. The van der Waals surface area contributed by atoms with Crippen LogP contribution in [0.15, 0.2) is 30.3 Å². The molecule has 2 rings (SSSR count). The minimum Gasteiger partial charge on any atom is -0.354 e. The zero-order chi connectivity index (χ0) is 19.3. The van der Waals surface area contributed by atoms with Gasteiger partial charge in [0.2, 0.25) is 5.91 Å². The first-order valence-corrected chi connectivity index (χ1v) is 8.96. The number of amides is 2. The third kappa shape index (κ3) is 5.45. The number of hydrogen-bond donors (Lipinski definition) is 2. The van der Waals surface area contributed by atoms with Gasteiger partial charge in [0.25, 0.3) is 5.91 Å². The van der Waals surface area contributed by atoms with Gasteiger partial charge >= 0.3 is 0 Å². The highest BCUT2D eigenvalue weighted by atomic mass is 16.2. The van der Waals surface area contributed by atoms with E-state index in [0.717, 1.165) is 17.5 Å². The molecule has 2 amide bonds. The van der Waals surface area contributed by atoms with Crippen molar-refractivity contribution in [2.24, 2.45) is 0 Å². The van der Waals surface area contributed by atoms with Crippen LogP contribution in [-0.4, -0.2) is 24.9 Å². The Kier molecular flexibility index (Phi) is 6.56. The summed E-state index contributed by atoms with van der Waals surface area (Å²) in [4.78, 5) is 24.2. The largest absolute Gasteiger partial charge is 0.354 e. The van der Waals surface area contributed by atoms with E-state index in [9.17, 15) is 9.59 Å². The van der Waals surface area contributed by atoms with E-state index >= 15 is 0 Å².